The fourth-order valence-corrected chi connectivity index (χ4v) is 2.12. The van der Waals surface area contributed by atoms with Crippen LogP contribution in [0.15, 0.2) is 78.9 Å². The monoisotopic (exact) mass is 319 g/mol. The Kier molecular flexibility index (Phi) is 4.62. The second kappa shape index (κ2) is 7.19. The molecular weight excluding hydrogens is 302 g/mol. The highest BCUT2D eigenvalue weighted by Gasteiger charge is 2.04. The summed E-state index contributed by atoms with van der Waals surface area (Å²) in [6.45, 7) is 0. The molecule has 0 heterocycles. The highest BCUT2D eigenvalue weighted by molar-refractivity contribution is 5.99. The molecule has 0 radical (unpaired) electrons. The van der Waals surface area contributed by atoms with Crippen molar-refractivity contribution in [2.75, 3.05) is 16.4 Å². The number of amides is 2. The fraction of sp³-hybridized carbons (Fsp3) is 0. The molecule has 3 aromatic rings. The summed E-state index contributed by atoms with van der Waals surface area (Å²) >= 11 is 0. The third-order valence-electron chi connectivity index (χ3n) is 3.24. The van der Waals surface area contributed by atoms with Gasteiger partial charge in [-0.05, 0) is 48.5 Å². The predicted octanol–water partition coefficient (Wildman–Crippen LogP) is 4.71. The number of hydrogen-bond acceptors (Lipinski definition) is 3. The number of ether oxygens (including phenoxy) is 1. The molecule has 5 nitrogen and oxygen atoms in total. The number of carbonyl (C=O) groups is 1. The van der Waals surface area contributed by atoms with Gasteiger partial charge in [-0.2, -0.15) is 0 Å². The van der Waals surface area contributed by atoms with Crippen LogP contribution in [0, 0.1) is 0 Å². The number of urea groups is 1. The zero-order valence-corrected chi connectivity index (χ0v) is 12.9. The molecule has 0 aliphatic rings. The van der Waals surface area contributed by atoms with E-state index in [1.807, 2.05) is 42.5 Å². The minimum Gasteiger partial charge on any atom is -0.457 e. The van der Waals surface area contributed by atoms with E-state index >= 15 is 0 Å². The lowest BCUT2D eigenvalue weighted by atomic mass is 10.3. The Hall–Kier alpha value is -3.47. The van der Waals surface area contributed by atoms with Gasteiger partial charge in [0.15, 0.2) is 0 Å². The molecule has 0 saturated carbocycles. The lowest BCUT2D eigenvalue weighted by Gasteiger charge is -2.10. The van der Waals surface area contributed by atoms with Crippen LogP contribution in [-0.2, 0) is 0 Å². The van der Waals surface area contributed by atoms with Crippen molar-refractivity contribution in [3.63, 3.8) is 0 Å². The van der Waals surface area contributed by atoms with E-state index in [2.05, 4.69) is 10.6 Å². The number of para-hydroxylation sites is 1. The van der Waals surface area contributed by atoms with Crippen molar-refractivity contribution in [3.05, 3.63) is 78.9 Å². The molecular formula is C19H17N3O2. The first-order valence-electron chi connectivity index (χ1n) is 7.45. The van der Waals surface area contributed by atoms with Crippen molar-refractivity contribution < 1.29 is 9.53 Å². The summed E-state index contributed by atoms with van der Waals surface area (Å²) in [5.74, 6) is 1.30. The molecule has 0 fully saturated rings. The van der Waals surface area contributed by atoms with E-state index in [-0.39, 0.29) is 6.03 Å². The summed E-state index contributed by atoms with van der Waals surface area (Å²) in [6.07, 6.45) is 0. The molecule has 0 saturated heterocycles. The van der Waals surface area contributed by atoms with Crippen LogP contribution in [0.25, 0.3) is 0 Å². The lowest BCUT2D eigenvalue weighted by Crippen LogP contribution is -2.19. The summed E-state index contributed by atoms with van der Waals surface area (Å²) in [5.41, 5.74) is 7.69. The van der Waals surface area contributed by atoms with Gasteiger partial charge in [0.25, 0.3) is 0 Å². The van der Waals surface area contributed by atoms with Crippen LogP contribution in [0.1, 0.15) is 0 Å². The molecule has 0 aliphatic carbocycles. The van der Waals surface area contributed by atoms with Crippen molar-refractivity contribution in [1.82, 2.24) is 0 Å². The number of nitrogens with one attached hydrogen (secondary N) is 2. The Labute approximate surface area is 140 Å². The molecule has 0 spiro atoms. The quantitative estimate of drug-likeness (QED) is 0.610. The van der Waals surface area contributed by atoms with Crippen LogP contribution in [0.4, 0.5) is 21.9 Å². The van der Waals surface area contributed by atoms with Crippen LogP contribution in [0.5, 0.6) is 11.5 Å². The number of hydrogen-bond donors (Lipinski definition) is 3. The maximum Gasteiger partial charge on any atom is 0.323 e. The smallest absolute Gasteiger partial charge is 0.323 e. The number of carbonyl (C=O) groups excluding carboxylic acids is 1. The molecule has 5 heteroatoms. The molecule has 0 unspecified atom stereocenters. The maximum absolute atomic E-state index is 12.0. The third-order valence-corrected chi connectivity index (χ3v) is 3.24. The zero-order chi connectivity index (χ0) is 16.8. The van der Waals surface area contributed by atoms with Gasteiger partial charge >= 0.3 is 6.03 Å². The topological polar surface area (TPSA) is 76.4 Å². The van der Waals surface area contributed by atoms with Crippen LogP contribution >= 0.6 is 0 Å². The van der Waals surface area contributed by atoms with Gasteiger partial charge in [-0.25, -0.2) is 4.79 Å². The summed E-state index contributed by atoms with van der Waals surface area (Å²) < 4.78 is 5.75. The predicted molar refractivity (Wildman–Crippen MR) is 96.5 cm³/mol. The van der Waals surface area contributed by atoms with Crippen molar-refractivity contribution in [3.8, 4) is 11.5 Å². The van der Waals surface area contributed by atoms with Gasteiger partial charge in [0.05, 0.1) is 0 Å². The fourth-order valence-electron chi connectivity index (χ4n) is 2.12. The normalized spacial score (nSPS) is 10.0. The average Bonchev–Trinajstić information content (AvgIpc) is 2.58. The Balaban J connectivity index is 1.64. The first-order chi connectivity index (χ1) is 11.7. The minimum atomic E-state index is -0.314. The summed E-state index contributed by atoms with van der Waals surface area (Å²) in [6, 6.07) is 23.2. The number of anilines is 3. The SMILES string of the molecule is Nc1ccc(Oc2cccc(NC(=O)Nc3ccccc3)c2)cc1. The second-order valence-electron chi connectivity index (χ2n) is 5.14. The van der Waals surface area contributed by atoms with Gasteiger partial charge < -0.3 is 21.1 Å². The van der Waals surface area contributed by atoms with Gasteiger partial charge in [0.2, 0.25) is 0 Å². The van der Waals surface area contributed by atoms with E-state index in [9.17, 15) is 4.79 Å². The molecule has 4 N–H and O–H groups in total. The van der Waals surface area contributed by atoms with Crippen LogP contribution in [0.3, 0.4) is 0 Å². The van der Waals surface area contributed by atoms with E-state index < -0.39 is 0 Å². The van der Waals surface area contributed by atoms with E-state index in [1.54, 1.807) is 36.4 Å². The van der Waals surface area contributed by atoms with E-state index in [0.717, 1.165) is 5.69 Å². The van der Waals surface area contributed by atoms with Crippen LogP contribution in [-0.4, -0.2) is 6.03 Å². The average molecular weight is 319 g/mol. The molecule has 0 bridgehead atoms. The Morgan fingerprint density at radius 3 is 2.17 bits per heavy atom. The maximum atomic E-state index is 12.0. The summed E-state index contributed by atoms with van der Waals surface area (Å²) in [5, 5.41) is 5.54. The third kappa shape index (κ3) is 4.27. The highest BCUT2D eigenvalue weighted by atomic mass is 16.5. The first kappa shape index (κ1) is 15.4. The zero-order valence-electron chi connectivity index (χ0n) is 12.9. The van der Waals surface area contributed by atoms with Gasteiger partial charge in [-0.3, -0.25) is 0 Å². The molecule has 120 valence electrons. The largest absolute Gasteiger partial charge is 0.457 e. The van der Waals surface area contributed by atoms with Crippen molar-refractivity contribution in [1.29, 1.82) is 0 Å². The lowest BCUT2D eigenvalue weighted by molar-refractivity contribution is 0.262. The number of nitrogen functional groups attached to an aromatic ring is 1. The second-order valence-corrected chi connectivity index (χ2v) is 5.14. The molecule has 3 aromatic carbocycles. The Morgan fingerprint density at radius 2 is 1.42 bits per heavy atom. The van der Waals surface area contributed by atoms with Gasteiger partial charge in [0, 0.05) is 23.1 Å². The Bertz CT molecular complexity index is 818. The number of nitrogens with two attached hydrogens (primary N) is 1. The minimum absolute atomic E-state index is 0.314. The summed E-state index contributed by atoms with van der Waals surface area (Å²) in [7, 11) is 0. The van der Waals surface area contributed by atoms with Crippen molar-refractivity contribution >= 4 is 23.1 Å². The van der Waals surface area contributed by atoms with Crippen LogP contribution in [0.2, 0.25) is 0 Å². The Morgan fingerprint density at radius 1 is 0.750 bits per heavy atom. The van der Waals surface area contributed by atoms with Gasteiger partial charge in [0.1, 0.15) is 11.5 Å². The number of rotatable bonds is 4. The molecule has 0 atom stereocenters. The van der Waals surface area contributed by atoms with E-state index in [0.29, 0.717) is 22.9 Å². The van der Waals surface area contributed by atoms with Crippen molar-refractivity contribution in [2.45, 2.75) is 0 Å². The molecule has 2 amide bonds. The van der Waals surface area contributed by atoms with Gasteiger partial charge in [-0.1, -0.05) is 24.3 Å². The number of benzene rings is 3. The van der Waals surface area contributed by atoms with E-state index in [4.69, 9.17) is 10.5 Å². The van der Waals surface area contributed by atoms with Crippen LogP contribution < -0.4 is 21.1 Å². The molecule has 3 rings (SSSR count). The summed E-state index contributed by atoms with van der Waals surface area (Å²) in [4.78, 5) is 12.0. The standard InChI is InChI=1S/C19H17N3O2/c20-14-9-11-17(12-10-14)24-18-8-4-7-16(13-18)22-19(23)21-15-5-2-1-3-6-15/h1-13H,20H2,(H2,21,22,23). The first-order valence-corrected chi connectivity index (χ1v) is 7.45. The van der Waals surface area contributed by atoms with Gasteiger partial charge in [-0.15, -0.1) is 0 Å². The molecule has 0 aliphatic heterocycles. The van der Waals surface area contributed by atoms with E-state index in [1.165, 1.54) is 0 Å². The highest BCUT2D eigenvalue weighted by Crippen LogP contribution is 2.24. The molecule has 0 aromatic heterocycles. The molecule has 24 heavy (non-hydrogen) atoms. The van der Waals surface area contributed by atoms with Crippen molar-refractivity contribution in [2.24, 2.45) is 0 Å².